The van der Waals surface area contributed by atoms with Gasteiger partial charge in [-0.15, -0.1) is 0 Å². The lowest BCUT2D eigenvalue weighted by atomic mass is 9.75. The Hall–Kier alpha value is -0.820. The van der Waals surface area contributed by atoms with E-state index in [1.165, 1.54) is 6.26 Å². The summed E-state index contributed by atoms with van der Waals surface area (Å²) < 4.78 is 27.8. The Bertz CT molecular complexity index is 486. The number of sulfone groups is 1. The summed E-state index contributed by atoms with van der Waals surface area (Å²) in [5, 5.41) is 5.97. The Morgan fingerprint density at radius 2 is 2.00 bits per heavy atom. The number of amides is 2. The van der Waals surface area contributed by atoms with Crippen LogP contribution in [0.2, 0.25) is 0 Å². The van der Waals surface area contributed by atoms with E-state index in [0.717, 1.165) is 45.3 Å². The predicted molar refractivity (Wildman–Crippen MR) is 85.6 cm³/mol. The zero-order chi connectivity index (χ0) is 16.2. The maximum Gasteiger partial charge on any atom is 0.315 e. The van der Waals surface area contributed by atoms with Gasteiger partial charge in [-0.25, -0.2) is 13.2 Å². The van der Waals surface area contributed by atoms with Gasteiger partial charge >= 0.3 is 6.03 Å². The fraction of sp³-hybridized carbons (Fsp3) is 0.933. The largest absolute Gasteiger partial charge is 0.381 e. The van der Waals surface area contributed by atoms with Gasteiger partial charge in [0.25, 0.3) is 0 Å². The molecule has 0 aromatic carbocycles. The minimum Gasteiger partial charge on any atom is -0.381 e. The lowest BCUT2D eigenvalue weighted by Crippen LogP contribution is -2.51. The van der Waals surface area contributed by atoms with Crippen LogP contribution in [0.15, 0.2) is 0 Å². The van der Waals surface area contributed by atoms with Crippen molar-refractivity contribution < 1.29 is 17.9 Å². The maximum absolute atomic E-state index is 12.2. The standard InChI is InChI=1S/C15H28N2O4S/c1-12(5-11-22(2,19)20)16-14(18)17-13-4-3-6-15(13)7-9-21-10-8-15/h12-13H,3-11H2,1-2H3,(H2,16,17,18)/t12-,13-/m0/s1. The molecule has 0 bridgehead atoms. The number of carbonyl (C=O) groups is 1. The van der Waals surface area contributed by atoms with E-state index in [0.29, 0.717) is 6.42 Å². The molecule has 128 valence electrons. The number of ether oxygens (including phenoxy) is 1. The minimum absolute atomic E-state index is 0.0964. The SMILES string of the molecule is C[C@@H](CCS(C)(=O)=O)NC(=O)N[C@H]1CCCC12CCOCC2. The van der Waals surface area contributed by atoms with Crippen LogP contribution in [0.5, 0.6) is 0 Å². The van der Waals surface area contributed by atoms with Gasteiger partial charge < -0.3 is 15.4 Å². The minimum atomic E-state index is -2.99. The molecule has 0 aromatic rings. The van der Waals surface area contributed by atoms with Crippen LogP contribution in [0.3, 0.4) is 0 Å². The molecule has 2 fully saturated rings. The number of carbonyl (C=O) groups excluding carboxylic acids is 1. The van der Waals surface area contributed by atoms with Crippen LogP contribution in [0.1, 0.15) is 45.4 Å². The average Bonchev–Trinajstić information content (AvgIpc) is 2.79. The quantitative estimate of drug-likeness (QED) is 0.798. The molecule has 2 rings (SSSR count). The molecule has 2 N–H and O–H groups in total. The van der Waals surface area contributed by atoms with Crippen LogP contribution in [-0.4, -0.2) is 51.8 Å². The molecular formula is C15H28N2O4S. The van der Waals surface area contributed by atoms with Crippen molar-refractivity contribution in [2.24, 2.45) is 5.41 Å². The number of nitrogens with one attached hydrogen (secondary N) is 2. The molecule has 2 atom stereocenters. The highest BCUT2D eigenvalue weighted by atomic mass is 32.2. The summed E-state index contributed by atoms with van der Waals surface area (Å²) >= 11 is 0. The lowest BCUT2D eigenvalue weighted by molar-refractivity contribution is 0.00619. The number of hydrogen-bond donors (Lipinski definition) is 2. The molecule has 1 aliphatic heterocycles. The van der Waals surface area contributed by atoms with E-state index in [-0.39, 0.29) is 29.3 Å². The smallest absolute Gasteiger partial charge is 0.315 e. The summed E-state index contributed by atoms with van der Waals surface area (Å²) in [6.07, 6.45) is 7.01. The molecule has 22 heavy (non-hydrogen) atoms. The first-order valence-corrected chi connectivity index (χ1v) is 10.2. The average molecular weight is 332 g/mol. The summed E-state index contributed by atoms with van der Waals surface area (Å²) in [7, 11) is -2.99. The molecule has 2 amide bonds. The number of hydrogen-bond acceptors (Lipinski definition) is 4. The van der Waals surface area contributed by atoms with E-state index in [2.05, 4.69) is 10.6 Å². The molecule has 7 heteroatoms. The Morgan fingerprint density at radius 3 is 2.64 bits per heavy atom. The van der Waals surface area contributed by atoms with Gasteiger partial charge in [-0.3, -0.25) is 0 Å². The third-order valence-electron chi connectivity index (χ3n) is 5.00. The van der Waals surface area contributed by atoms with Gasteiger partial charge in [0.1, 0.15) is 9.84 Å². The normalized spacial score (nSPS) is 25.8. The van der Waals surface area contributed by atoms with Crippen molar-refractivity contribution in [3.05, 3.63) is 0 Å². The highest BCUT2D eigenvalue weighted by Crippen LogP contribution is 2.45. The Balaban J connectivity index is 1.81. The molecule has 1 spiro atoms. The molecule has 0 aromatic heterocycles. The van der Waals surface area contributed by atoms with E-state index in [1.54, 1.807) is 0 Å². The summed E-state index contributed by atoms with van der Waals surface area (Å²) in [5.41, 5.74) is 0.200. The van der Waals surface area contributed by atoms with Crippen LogP contribution in [-0.2, 0) is 14.6 Å². The topological polar surface area (TPSA) is 84.5 Å². The van der Waals surface area contributed by atoms with Gasteiger partial charge in [0, 0.05) is 31.6 Å². The van der Waals surface area contributed by atoms with E-state index < -0.39 is 9.84 Å². The third kappa shape index (κ3) is 4.84. The summed E-state index contributed by atoms with van der Waals surface area (Å²) in [6, 6.07) is -0.126. The molecule has 6 nitrogen and oxygen atoms in total. The van der Waals surface area contributed by atoms with Crippen LogP contribution >= 0.6 is 0 Å². The molecule has 1 heterocycles. The van der Waals surface area contributed by atoms with E-state index >= 15 is 0 Å². The zero-order valence-electron chi connectivity index (χ0n) is 13.6. The van der Waals surface area contributed by atoms with Gasteiger partial charge in [0.15, 0.2) is 0 Å². The fourth-order valence-corrected chi connectivity index (χ4v) is 4.41. The summed E-state index contributed by atoms with van der Waals surface area (Å²) in [5.74, 6) is 0.0964. The summed E-state index contributed by atoms with van der Waals surface area (Å²) in [4.78, 5) is 12.2. The maximum atomic E-state index is 12.2. The monoisotopic (exact) mass is 332 g/mol. The molecular weight excluding hydrogens is 304 g/mol. The van der Waals surface area contributed by atoms with Gasteiger partial charge in [-0.2, -0.15) is 0 Å². The van der Waals surface area contributed by atoms with Gasteiger partial charge in [0.05, 0.1) is 5.75 Å². The second-order valence-electron chi connectivity index (χ2n) is 6.86. The molecule has 1 aliphatic carbocycles. The highest BCUT2D eigenvalue weighted by Gasteiger charge is 2.44. The Morgan fingerprint density at radius 1 is 1.32 bits per heavy atom. The van der Waals surface area contributed by atoms with Crippen LogP contribution in [0.25, 0.3) is 0 Å². The van der Waals surface area contributed by atoms with Crippen molar-refractivity contribution >= 4 is 15.9 Å². The van der Waals surface area contributed by atoms with Crippen molar-refractivity contribution in [2.45, 2.75) is 57.5 Å². The molecule has 2 aliphatic rings. The van der Waals surface area contributed by atoms with Crippen molar-refractivity contribution in [1.82, 2.24) is 10.6 Å². The molecule has 0 unspecified atom stereocenters. The molecule has 1 saturated carbocycles. The Kier molecular flexibility index (Phi) is 5.71. The van der Waals surface area contributed by atoms with Crippen molar-refractivity contribution in [3.8, 4) is 0 Å². The van der Waals surface area contributed by atoms with Crippen molar-refractivity contribution in [1.29, 1.82) is 0 Å². The van der Waals surface area contributed by atoms with Crippen LogP contribution < -0.4 is 10.6 Å². The predicted octanol–water partition coefficient (Wildman–Crippen LogP) is 1.46. The zero-order valence-corrected chi connectivity index (χ0v) is 14.4. The van der Waals surface area contributed by atoms with Crippen LogP contribution in [0.4, 0.5) is 4.79 Å². The molecule has 0 radical (unpaired) electrons. The molecule has 1 saturated heterocycles. The second kappa shape index (κ2) is 7.17. The summed E-state index contributed by atoms with van der Waals surface area (Å²) in [6.45, 7) is 3.40. The van der Waals surface area contributed by atoms with Gasteiger partial charge in [0.2, 0.25) is 0 Å². The van der Waals surface area contributed by atoms with Gasteiger partial charge in [-0.1, -0.05) is 6.42 Å². The first-order chi connectivity index (χ1) is 10.3. The number of urea groups is 1. The van der Waals surface area contributed by atoms with E-state index in [4.69, 9.17) is 4.74 Å². The first kappa shape index (κ1) is 17.5. The Labute approximate surface area is 133 Å². The number of rotatable bonds is 5. The van der Waals surface area contributed by atoms with E-state index in [1.807, 2.05) is 6.92 Å². The van der Waals surface area contributed by atoms with Crippen molar-refractivity contribution in [3.63, 3.8) is 0 Å². The first-order valence-electron chi connectivity index (χ1n) is 8.13. The van der Waals surface area contributed by atoms with Crippen molar-refractivity contribution in [2.75, 3.05) is 25.2 Å². The fourth-order valence-electron chi connectivity index (χ4n) is 3.63. The van der Waals surface area contributed by atoms with Crippen LogP contribution in [0, 0.1) is 5.41 Å². The third-order valence-corrected chi connectivity index (χ3v) is 5.98. The lowest BCUT2D eigenvalue weighted by Gasteiger charge is -2.39. The second-order valence-corrected chi connectivity index (χ2v) is 9.12. The highest BCUT2D eigenvalue weighted by molar-refractivity contribution is 7.90. The van der Waals surface area contributed by atoms with Gasteiger partial charge in [-0.05, 0) is 44.4 Å². The van der Waals surface area contributed by atoms with E-state index in [9.17, 15) is 13.2 Å².